The van der Waals surface area contributed by atoms with E-state index in [0.717, 1.165) is 31.2 Å². The van der Waals surface area contributed by atoms with Crippen LogP contribution >= 0.6 is 11.3 Å². The summed E-state index contributed by atoms with van der Waals surface area (Å²) in [5.74, 6) is 0. The van der Waals surface area contributed by atoms with Crippen molar-refractivity contribution in [1.29, 1.82) is 0 Å². The predicted octanol–water partition coefficient (Wildman–Crippen LogP) is 1.09. The number of ether oxygens (including phenoxy) is 1. The zero-order valence-electron chi connectivity index (χ0n) is 9.82. The van der Waals surface area contributed by atoms with Gasteiger partial charge in [-0.25, -0.2) is 4.98 Å². The minimum atomic E-state index is 0.289. The molecule has 5 heteroatoms. The largest absolute Gasteiger partial charge is 0.374 e. The molecule has 2 atom stereocenters. The number of hydrogen-bond donors (Lipinski definition) is 2. The molecule has 1 fully saturated rings. The number of hydrogen-bond acceptors (Lipinski definition) is 5. The lowest BCUT2D eigenvalue weighted by Crippen LogP contribution is -2.44. The summed E-state index contributed by atoms with van der Waals surface area (Å²) in [7, 11) is 0. The highest BCUT2D eigenvalue weighted by molar-refractivity contribution is 7.11. The highest BCUT2D eigenvalue weighted by atomic mass is 32.1. The molecular formula is C11H19N3OS. The van der Waals surface area contributed by atoms with Crippen molar-refractivity contribution >= 4 is 11.3 Å². The summed E-state index contributed by atoms with van der Waals surface area (Å²) in [6.07, 6.45) is 2.22. The molecule has 1 aromatic heterocycles. The van der Waals surface area contributed by atoms with Gasteiger partial charge in [-0.1, -0.05) is 0 Å². The van der Waals surface area contributed by atoms with Gasteiger partial charge >= 0.3 is 0 Å². The maximum Gasteiger partial charge on any atom is 0.109 e. The predicted molar refractivity (Wildman–Crippen MR) is 65.9 cm³/mol. The summed E-state index contributed by atoms with van der Waals surface area (Å²) < 4.78 is 5.63. The quantitative estimate of drug-likeness (QED) is 0.828. The van der Waals surface area contributed by atoms with Crippen molar-refractivity contribution in [3.8, 4) is 0 Å². The molecule has 2 rings (SSSR count). The Morgan fingerprint density at radius 1 is 1.75 bits per heavy atom. The van der Waals surface area contributed by atoms with E-state index in [1.807, 2.05) is 6.20 Å². The Bertz CT molecular complexity index is 323. The summed E-state index contributed by atoms with van der Waals surface area (Å²) >= 11 is 1.75. The summed E-state index contributed by atoms with van der Waals surface area (Å²) in [5.41, 5.74) is 0. The van der Waals surface area contributed by atoms with E-state index in [4.69, 9.17) is 4.74 Å². The number of thiazole rings is 1. The average Bonchev–Trinajstić information content (AvgIpc) is 2.74. The van der Waals surface area contributed by atoms with E-state index in [0.29, 0.717) is 6.04 Å². The van der Waals surface area contributed by atoms with Crippen LogP contribution in [0.4, 0.5) is 0 Å². The van der Waals surface area contributed by atoms with Gasteiger partial charge in [0.1, 0.15) is 5.01 Å². The van der Waals surface area contributed by atoms with Crippen LogP contribution in [0.25, 0.3) is 0 Å². The molecule has 16 heavy (non-hydrogen) atoms. The van der Waals surface area contributed by atoms with E-state index < -0.39 is 0 Å². The van der Waals surface area contributed by atoms with Crippen LogP contribution in [0.15, 0.2) is 6.20 Å². The van der Waals surface area contributed by atoms with Crippen molar-refractivity contribution in [2.75, 3.05) is 26.2 Å². The number of nitrogens with one attached hydrogen (secondary N) is 2. The molecule has 4 nitrogen and oxygen atoms in total. The zero-order valence-corrected chi connectivity index (χ0v) is 10.6. The van der Waals surface area contributed by atoms with E-state index in [-0.39, 0.29) is 6.10 Å². The van der Waals surface area contributed by atoms with Gasteiger partial charge in [0.25, 0.3) is 0 Å². The molecule has 1 aliphatic rings. The van der Waals surface area contributed by atoms with Gasteiger partial charge in [-0.2, -0.15) is 0 Å². The standard InChI is InChI=1S/C11H19N3OS/c1-8-5-14-11(16-8)9(2)13-7-10-6-12-3-4-15-10/h5,9-10,12-13H,3-4,6-7H2,1-2H3. The minimum absolute atomic E-state index is 0.289. The van der Waals surface area contributed by atoms with Gasteiger partial charge in [0.05, 0.1) is 18.8 Å². The molecule has 0 radical (unpaired) electrons. The van der Waals surface area contributed by atoms with Crippen molar-refractivity contribution in [1.82, 2.24) is 15.6 Å². The molecule has 0 amide bonds. The van der Waals surface area contributed by atoms with Gasteiger partial charge in [-0.05, 0) is 13.8 Å². The lowest BCUT2D eigenvalue weighted by Gasteiger charge is -2.25. The Labute approximate surface area is 100 Å². The fourth-order valence-electron chi connectivity index (χ4n) is 1.72. The zero-order chi connectivity index (χ0) is 11.4. The Morgan fingerprint density at radius 3 is 3.25 bits per heavy atom. The topological polar surface area (TPSA) is 46.2 Å². The number of aryl methyl sites for hydroxylation is 1. The molecule has 1 saturated heterocycles. The Balaban J connectivity index is 1.76. The lowest BCUT2D eigenvalue weighted by molar-refractivity contribution is 0.0278. The molecule has 0 saturated carbocycles. The third kappa shape index (κ3) is 3.25. The smallest absolute Gasteiger partial charge is 0.109 e. The second kappa shape index (κ2) is 5.72. The SMILES string of the molecule is Cc1cnc(C(C)NCC2CNCCO2)s1. The normalized spacial score (nSPS) is 23.2. The summed E-state index contributed by atoms with van der Waals surface area (Å²) in [4.78, 5) is 5.64. The second-order valence-corrected chi connectivity index (χ2v) is 5.40. The molecule has 0 spiro atoms. The van der Waals surface area contributed by atoms with Gasteiger partial charge in [0.2, 0.25) is 0 Å². The van der Waals surface area contributed by atoms with E-state index in [2.05, 4.69) is 29.5 Å². The van der Waals surface area contributed by atoms with Crippen LogP contribution in [-0.2, 0) is 4.74 Å². The Kier molecular flexibility index (Phi) is 4.29. The molecule has 0 aromatic carbocycles. The van der Waals surface area contributed by atoms with Gasteiger partial charge in [0, 0.05) is 30.7 Å². The molecule has 2 heterocycles. The van der Waals surface area contributed by atoms with Crippen LogP contribution in [0, 0.1) is 6.92 Å². The molecular weight excluding hydrogens is 222 g/mol. The molecule has 2 N–H and O–H groups in total. The summed E-state index contributed by atoms with van der Waals surface area (Å²) in [6.45, 7) is 7.84. The van der Waals surface area contributed by atoms with Crippen molar-refractivity contribution in [3.63, 3.8) is 0 Å². The summed E-state index contributed by atoms with van der Waals surface area (Å²) in [6, 6.07) is 0.309. The molecule has 90 valence electrons. The van der Waals surface area contributed by atoms with Crippen molar-refractivity contribution in [2.24, 2.45) is 0 Å². The van der Waals surface area contributed by atoms with Gasteiger partial charge in [-0.3, -0.25) is 0 Å². The highest BCUT2D eigenvalue weighted by Crippen LogP contribution is 2.18. The third-order valence-electron chi connectivity index (χ3n) is 2.67. The molecule has 1 aliphatic heterocycles. The monoisotopic (exact) mass is 241 g/mol. The van der Waals surface area contributed by atoms with Crippen LogP contribution in [0.5, 0.6) is 0 Å². The fraction of sp³-hybridized carbons (Fsp3) is 0.727. The number of rotatable bonds is 4. The minimum Gasteiger partial charge on any atom is -0.374 e. The van der Waals surface area contributed by atoms with E-state index >= 15 is 0 Å². The van der Waals surface area contributed by atoms with Crippen molar-refractivity contribution in [2.45, 2.75) is 26.0 Å². The maximum absolute atomic E-state index is 5.63. The van der Waals surface area contributed by atoms with Crippen LogP contribution in [0.1, 0.15) is 22.9 Å². The van der Waals surface area contributed by atoms with E-state index in [9.17, 15) is 0 Å². The maximum atomic E-state index is 5.63. The van der Waals surface area contributed by atoms with Crippen LogP contribution in [0.2, 0.25) is 0 Å². The van der Waals surface area contributed by atoms with Crippen LogP contribution < -0.4 is 10.6 Å². The van der Waals surface area contributed by atoms with Crippen LogP contribution in [-0.4, -0.2) is 37.3 Å². The first-order valence-corrected chi connectivity index (χ1v) is 6.55. The fourth-order valence-corrected chi connectivity index (χ4v) is 2.52. The Hall–Kier alpha value is -0.490. The van der Waals surface area contributed by atoms with Crippen molar-refractivity contribution in [3.05, 3.63) is 16.1 Å². The number of nitrogens with zero attached hydrogens (tertiary/aromatic N) is 1. The third-order valence-corrected chi connectivity index (χ3v) is 3.76. The van der Waals surface area contributed by atoms with Crippen molar-refractivity contribution < 1.29 is 4.74 Å². The summed E-state index contributed by atoms with van der Waals surface area (Å²) in [5, 5.41) is 7.94. The molecule has 0 bridgehead atoms. The van der Waals surface area contributed by atoms with Gasteiger partial charge < -0.3 is 15.4 Å². The van der Waals surface area contributed by atoms with Crippen LogP contribution in [0.3, 0.4) is 0 Å². The Morgan fingerprint density at radius 2 is 2.62 bits per heavy atom. The first-order valence-electron chi connectivity index (χ1n) is 5.73. The lowest BCUT2D eigenvalue weighted by atomic mass is 10.2. The molecule has 2 unspecified atom stereocenters. The second-order valence-electron chi connectivity index (χ2n) is 4.14. The van der Waals surface area contributed by atoms with E-state index in [1.54, 1.807) is 11.3 Å². The average molecular weight is 241 g/mol. The molecule has 1 aromatic rings. The first-order chi connectivity index (χ1) is 7.75. The number of morpholine rings is 1. The highest BCUT2D eigenvalue weighted by Gasteiger charge is 2.15. The van der Waals surface area contributed by atoms with Gasteiger partial charge in [-0.15, -0.1) is 11.3 Å². The first kappa shape index (κ1) is 12.0. The molecule has 0 aliphatic carbocycles. The van der Waals surface area contributed by atoms with Gasteiger partial charge in [0.15, 0.2) is 0 Å². The number of aromatic nitrogens is 1. The van der Waals surface area contributed by atoms with E-state index in [1.165, 1.54) is 4.88 Å².